The van der Waals surface area contributed by atoms with Crippen LogP contribution < -0.4 is 16.4 Å². The van der Waals surface area contributed by atoms with Crippen molar-refractivity contribution in [3.8, 4) is 0 Å². The van der Waals surface area contributed by atoms with E-state index >= 15 is 0 Å². The number of rotatable bonds is 4. The summed E-state index contributed by atoms with van der Waals surface area (Å²) in [6.45, 7) is 2.59. The van der Waals surface area contributed by atoms with Gasteiger partial charge in [-0.2, -0.15) is 0 Å². The number of nitrogens with two attached hydrogens (primary N) is 1. The number of amides is 1. The van der Waals surface area contributed by atoms with Crippen molar-refractivity contribution in [2.45, 2.75) is 25.8 Å². The van der Waals surface area contributed by atoms with E-state index in [-0.39, 0.29) is 11.9 Å². The molecule has 108 valence electrons. The molecule has 0 spiro atoms. The molecule has 1 heterocycles. The minimum absolute atomic E-state index is 0.0506. The fraction of sp³-hybridized carbons (Fsp3) is 0.429. The summed E-state index contributed by atoms with van der Waals surface area (Å²) in [4.78, 5) is 23.1. The van der Waals surface area contributed by atoms with Gasteiger partial charge in [-0.25, -0.2) is 4.79 Å². The number of esters is 1. The van der Waals surface area contributed by atoms with E-state index in [2.05, 4.69) is 10.6 Å². The first-order valence-corrected chi connectivity index (χ1v) is 6.70. The molecular weight excluding hydrogens is 258 g/mol. The van der Waals surface area contributed by atoms with Gasteiger partial charge in [0.1, 0.15) is 0 Å². The average molecular weight is 277 g/mol. The molecule has 0 bridgehead atoms. The molecule has 2 rings (SSSR count). The number of nitrogen functional groups attached to an aromatic ring is 1. The third kappa shape index (κ3) is 3.20. The first-order valence-electron chi connectivity index (χ1n) is 6.70. The Balaban J connectivity index is 2.17. The Hall–Kier alpha value is -2.24. The van der Waals surface area contributed by atoms with Crippen LogP contribution in [0.5, 0.6) is 0 Å². The summed E-state index contributed by atoms with van der Waals surface area (Å²) in [6, 6.07) is 5.19. The smallest absolute Gasteiger partial charge is 0.340 e. The number of benzene rings is 1. The number of carbonyl (C=O) groups is 2. The third-order valence-electron chi connectivity index (χ3n) is 3.21. The standard InChI is InChI=1S/C14H19N3O3/c1-2-20-14(19)10-4-3-5-11(15)13(10)17-9-6-7-12(18)16-8-9/h3-5,9,17H,2,6-8,15H2,1H3,(H,16,18). The lowest BCUT2D eigenvalue weighted by molar-refractivity contribution is -0.122. The molecule has 1 saturated heterocycles. The van der Waals surface area contributed by atoms with Crippen molar-refractivity contribution in [3.05, 3.63) is 23.8 Å². The van der Waals surface area contributed by atoms with Crippen LogP contribution in [0.3, 0.4) is 0 Å². The second-order valence-corrected chi connectivity index (χ2v) is 4.67. The first kappa shape index (κ1) is 14.2. The molecule has 1 aromatic rings. The van der Waals surface area contributed by atoms with E-state index in [1.807, 2.05) is 0 Å². The normalized spacial score (nSPS) is 18.2. The largest absolute Gasteiger partial charge is 0.462 e. The molecule has 1 atom stereocenters. The van der Waals surface area contributed by atoms with Crippen molar-refractivity contribution >= 4 is 23.3 Å². The van der Waals surface area contributed by atoms with Crippen molar-refractivity contribution in [1.29, 1.82) is 0 Å². The molecule has 1 unspecified atom stereocenters. The Labute approximate surface area is 117 Å². The fourth-order valence-corrected chi connectivity index (χ4v) is 2.17. The van der Waals surface area contributed by atoms with Gasteiger partial charge in [0.15, 0.2) is 0 Å². The lowest BCUT2D eigenvalue weighted by Crippen LogP contribution is -2.42. The molecule has 0 saturated carbocycles. The van der Waals surface area contributed by atoms with Gasteiger partial charge < -0.3 is 21.1 Å². The highest BCUT2D eigenvalue weighted by Gasteiger charge is 2.21. The summed E-state index contributed by atoms with van der Waals surface area (Å²) in [7, 11) is 0. The summed E-state index contributed by atoms with van der Waals surface area (Å²) < 4.78 is 5.03. The van der Waals surface area contributed by atoms with E-state index in [1.165, 1.54) is 0 Å². The maximum atomic E-state index is 11.9. The lowest BCUT2D eigenvalue weighted by Gasteiger charge is -2.26. The maximum absolute atomic E-state index is 11.9. The zero-order valence-corrected chi connectivity index (χ0v) is 11.4. The molecule has 1 aromatic carbocycles. The monoisotopic (exact) mass is 277 g/mol. The Bertz CT molecular complexity index is 506. The van der Waals surface area contributed by atoms with Crippen molar-refractivity contribution in [2.75, 3.05) is 24.2 Å². The molecule has 0 radical (unpaired) electrons. The molecule has 1 amide bonds. The van der Waals surface area contributed by atoms with Crippen LogP contribution >= 0.6 is 0 Å². The first-order chi connectivity index (χ1) is 9.61. The van der Waals surface area contributed by atoms with Crippen LogP contribution in [-0.2, 0) is 9.53 Å². The molecule has 1 aliphatic heterocycles. The van der Waals surface area contributed by atoms with E-state index < -0.39 is 5.97 Å². The summed E-state index contributed by atoms with van der Waals surface area (Å²) >= 11 is 0. The molecule has 6 heteroatoms. The molecule has 1 fully saturated rings. The van der Waals surface area contributed by atoms with Crippen molar-refractivity contribution in [3.63, 3.8) is 0 Å². The van der Waals surface area contributed by atoms with E-state index in [0.29, 0.717) is 42.9 Å². The van der Waals surface area contributed by atoms with Gasteiger partial charge in [0.05, 0.1) is 23.5 Å². The fourth-order valence-electron chi connectivity index (χ4n) is 2.17. The maximum Gasteiger partial charge on any atom is 0.340 e. The van der Waals surface area contributed by atoms with Gasteiger partial charge in [0.25, 0.3) is 0 Å². The van der Waals surface area contributed by atoms with E-state index in [1.54, 1.807) is 25.1 Å². The molecule has 4 N–H and O–H groups in total. The Kier molecular flexibility index (Phi) is 4.45. The van der Waals surface area contributed by atoms with Gasteiger partial charge in [-0.05, 0) is 25.5 Å². The minimum Gasteiger partial charge on any atom is -0.462 e. The number of ether oxygens (including phenoxy) is 1. The lowest BCUT2D eigenvalue weighted by atomic mass is 10.0. The molecule has 0 aliphatic carbocycles. The Morgan fingerprint density at radius 3 is 3.00 bits per heavy atom. The summed E-state index contributed by atoms with van der Waals surface area (Å²) in [5.74, 6) is -0.350. The number of hydrogen-bond donors (Lipinski definition) is 3. The van der Waals surface area contributed by atoms with Gasteiger partial charge in [-0.15, -0.1) is 0 Å². The minimum atomic E-state index is -0.401. The summed E-state index contributed by atoms with van der Waals surface area (Å²) in [5, 5.41) is 6.02. The number of hydrogen-bond acceptors (Lipinski definition) is 5. The van der Waals surface area contributed by atoms with Crippen molar-refractivity contribution in [1.82, 2.24) is 5.32 Å². The molecule has 1 aliphatic rings. The quantitative estimate of drug-likeness (QED) is 0.567. The Morgan fingerprint density at radius 2 is 2.35 bits per heavy atom. The SMILES string of the molecule is CCOC(=O)c1cccc(N)c1NC1CCC(=O)NC1. The molecular formula is C14H19N3O3. The topological polar surface area (TPSA) is 93.4 Å². The van der Waals surface area contributed by atoms with Crippen LogP contribution in [0, 0.1) is 0 Å². The molecule has 6 nitrogen and oxygen atoms in total. The second kappa shape index (κ2) is 6.27. The zero-order valence-electron chi connectivity index (χ0n) is 11.4. The summed E-state index contributed by atoms with van der Waals surface area (Å²) in [6.07, 6.45) is 1.18. The Morgan fingerprint density at radius 1 is 1.55 bits per heavy atom. The van der Waals surface area contributed by atoms with E-state index in [4.69, 9.17) is 10.5 Å². The summed E-state index contributed by atoms with van der Waals surface area (Å²) in [5.41, 5.74) is 7.43. The highest BCUT2D eigenvalue weighted by atomic mass is 16.5. The van der Waals surface area contributed by atoms with E-state index in [0.717, 1.165) is 0 Å². The van der Waals surface area contributed by atoms with Crippen LogP contribution in [0.15, 0.2) is 18.2 Å². The van der Waals surface area contributed by atoms with Gasteiger partial charge in [-0.1, -0.05) is 6.07 Å². The van der Waals surface area contributed by atoms with Crippen molar-refractivity contribution < 1.29 is 14.3 Å². The number of carbonyl (C=O) groups excluding carboxylic acids is 2. The number of anilines is 2. The van der Waals surface area contributed by atoms with Gasteiger partial charge in [-0.3, -0.25) is 4.79 Å². The number of para-hydroxylation sites is 1. The molecule has 0 aromatic heterocycles. The van der Waals surface area contributed by atoms with Gasteiger partial charge in [0.2, 0.25) is 5.91 Å². The second-order valence-electron chi connectivity index (χ2n) is 4.67. The highest BCUT2D eigenvalue weighted by molar-refractivity contribution is 5.99. The van der Waals surface area contributed by atoms with Crippen molar-refractivity contribution in [2.24, 2.45) is 0 Å². The van der Waals surface area contributed by atoms with Crippen LogP contribution in [0.4, 0.5) is 11.4 Å². The third-order valence-corrected chi connectivity index (χ3v) is 3.21. The average Bonchev–Trinajstić information content (AvgIpc) is 2.43. The molecule has 20 heavy (non-hydrogen) atoms. The highest BCUT2D eigenvalue weighted by Crippen LogP contribution is 2.26. The van der Waals surface area contributed by atoms with Crippen LogP contribution in [0.1, 0.15) is 30.1 Å². The number of piperidine rings is 1. The predicted octanol–water partition coefficient (Wildman–Crippen LogP) is 1.14. The number of nitrogens with one attached hydrogen (secondary N) is 2. The zero-order chi connectivity index (χ0) is 14.5. The van der Waals surface area contributed by atoms with Gasteiger partial charge >= 0.3 is 5.97 Å². The van der Waals surface area contributed by atoms with Crippen LogP contribution in [-0.4, -0.2) is 31.1 Å². The predicted molar refractivity (Wildman–Crippen MR) is 76.5 cm³/mol. The van der Waals surface area contributed by atoms with Gasteiger partial charge in [0, 0.05) is 19.0 Å². The van der Waals surface area contributed by atoms with Crippen LogP contribution in [0.25, 0.3) is 0 Å². The van der Waals surface area contributed by atoms with Crippen LogP contribution in [0.2, 0.25) is 0 Å². The van der Waals surface area contributed by atoms with E-state index in [9.17, 15) is 9.59 Å².